The van der Waals surface area contributed by atoms with Crippen LogP contribution >= 0.6 is 0 Å². The minimum atomic E-state index is -0.949. The maximum atomic E-state index is 12.2. The molecule has 0 aromatic heterocycles. The van der Waals surface area contributed by atoms with E-state index in [0.717, 1.165) is 6.07 Å². The van der Waals surface area contributed by atoms with Crippen LogP contribution in [0.5, 0.6) is 11.5 Å². The maximum absolute atomic E-state index is 12.2. The number of hydrogen-bond donors (Lipinski definition) is 2. The number of ether oxygens (including phenoxy) is 3. The highest BCUT2D eigenvalue weighted by atomic mass is 16.6. The van der Waals surface area contributed by atoms with Crippen LogP contribution < -0.4 is 20.3 Å². The third-order valence-corrected chi connectivity index (χ3v) is 3.93. The first-order valence-corrected chi connectivity index (χ1v) is 7.72. The first-order chi connectivity index (χ1) is 13.0. The van der Waals surface area contributed by atoms with Crippen LogP contribution in [0.4, 0.5) is 5.69 Å². The minimum Gasteiger partial charge on any atom is -0.493 e. The lowest BCUT2D eigenvalue weighted by molar-refractivity contribution is -0.384. The van der Waals surface area contributed by atoms with Gasteiger partial charge in [-0.1, -0.05) is 6.07 Å². The van der Waals surface area contributed by atoms with Crippen molar-refractivity contribution in [3.63, 3.8) is 0 Å². The molecule has 10 heteroatoms. The largest absolute Gasteiger partial charge is 0.493 e. The predicted molar refractivity (Wildman–Crippen MR) is 91.4 cm³/mol. The van der Waals surface area contributed by atoms with E-state index in [0.29, 0.717) is 11.3 Å². The molecule has 0 spiro atoms. The Morgan fingerprint density at radius 3 is 2.67 bits per heavy atom. The van der Waals surface area contributed by atoms with Gasteiger partial charge in [0.1, 0.15) is 5.56 Å². The summed E-state index contributed by atoms with van der Waals surface area (Å²) < 4.78 is 15.6. The summed E-state index contributed by atoms with van der Waals surface area (Å²) in [5, 5.41) is 10.8. The number of hydrogen-bond acceptors (Lipinski definition) is 8. The summed E-state index contributed by atoms with van der Waals surface area (Å²) in [7, 11) is 2.84. The van der Waals surface area contributed by atoms with Crippen LogP contribution in [-0.4, -0.2) is 31.0 Å². The summed E-state index contributed by atoms with van der Waals surface area (Å²) in [6, 6.07) is 8.45. The Balaban J connectivity index is 1.77. The van der Waals surface area contributed by atoms with Gasteiger partial charge in [-0.15, -0.1) is 0 Å². The number of non-ortho nitro benzene ring substituents is 1. The molecule has 2 aromatic carbocycles. The molecular formula is C17H15N3O7. The molecule has 0 radical (unpaired) electrons. The lowest BCUT2D eigenvalue weighted by Gasteiger charge is -2.14. The minimum absolute atomic E-state index is 0.0774. The molecule has 0 saturated heterocycles. The summed E-state index contributed by atoms with van der Waals surface area (Å²) in [6.45, 7) is 0. The fourth-order valence-electron chi connectivity index (χ4n) is 2.67. The predicted octanol–water partition coefficient (Wildman–Crippen LogP) is 1.72. The van der Waals surface area contributed by atoms with E-state index in [1.54, 1.807) is 12.1 Å². The van der Waals surface area contributed by atoms with Gasteiger partial charge in [-0.25, -0.2) is 4.79 Å². The zero-order valence-electron chi connectivity index (χ0n) is 14.3. The van der Waals surface area contributed by atoms with E-state index in [2.05, 4.69) is 10.9 Å². The molecule has 1 aliphatic rings. The van der Waals surface area contributed by atoms with Crippen LogP contribution in [-0.2, 0) is 4.74 Å². The summed E-state index contributed by atoms with van der Waals surface area (Å²) in [5.74, 6) is -0.657. The molecule has 1 atom stereocenters. The third kappa shape index (κ3) is 3.37. The highest BCUT2D eigenvalue weighted by Gasteiger charge is 2.36. The number of benzene rings is 2. The van der Waals surface area contributed by atoms with Crippen LogP contribution in [0.3, 0.4) is 0 Å². The van der Waals surface area contributed by atoms with Gasteiger partial charge in [-0.05, 0) is 18.2 Å². The van der Waals surface area contributed by atoms with Crippen molar-refractivity contribution in [2.24, 2.45) is 0 Å². The van der Waals surface area contributed by atoms with Crippen molar-refractivity contribution in [1.29, 1.82) is 0 Å². The van der Waals surface area contributed by atoms with E-state index >= 15 is 0 Å². The summed E-state index contributed by atoms with van der Waals surface area (Å²) >= 11 is 0. The monoisotopic (exact) mass is 373 g/mol. The van der Waals surface area contributed by atoms with E-state index < -0.39 is 23.0 Å². The second-order valence-electron chi connectivity index (χ2n) is 5.46. The number of carbonyl (C=O) groups excluding carboxylic acids is 2. The van der Waals surface area contributed by atoms with Gasteiger partial charge in [0.15, 0.2) is 17.7 Å². The Bertz CT molecular complexity index is 929. The molecule has 0 fully saturated rings. The van der Waals surface area contributed by atoms with Crippen LogP contribution in [0, 0.1) is 10.1 Å². The Morgan fingerprint density at radius 1 is 1.22 bits per heavy atom. The number of nitro groups is 1. The number of fused-ring (bicyclic) bond motifs is 1. The molecule has 0 unspecified atom stereocenters. The molecule has 1 aliphatic heterocycles. The van der Waals surface area contributed by atoms with Gasteiger partial charge < -0.3 is 14.2 Å². The fraction of sp³-hybridized carbons (Fsp3) is 0.176. The smallest absolute Gasteiger partial charge is 0.344 e. The zero-order chi connectivity index (χ0) is 19.6. The molecule has 2 aromatic rings. The molecule has 0 saturated carbocycles. The maximum Gasteiger partial charge on any atom is 0.344 e. The first-order valence-electron chi connectivity index (χ1n) is 7.72. The van der Waals surface area contributed by atoms with E-state index in [4.69, 9.17) is 14.2 Å². The van der Waals surface area contributed by atoms with E-state index in [9.17, 15) is 19.7 Å². The van der Waals surface area contributed by atoms with Crippen molar-refractivity contribution >= 4 is 17.6 Å². The standard InChI is InChI=1S/C17H15N3O7/c1-25-12-7-6-11-13(14(12)26-2)17(22)27-16(11)19-18-15(21)9-4-3-5-10(8-9)20(23)24/h3-8,16,19H,1-2H3,(H,18,21)/t16-/m0/s1. The molecule has 1 amide bonds. The Labute approximate surface area is 153 Å². The van der Waals surface area contributed by atoms with Gasteiger partial charge in [-0.3, -0.25) is 20.3 Å². The van der Waals surface area contributed by atoms with Gasteiger partial charge in [0.25, 0.3) is 11.6 Å². The fourth-order valence-corrected chi connectivity index (χ4v) is 2.67. The average molecular weight is 373 g/mol. The highest BCUT2D eigenvalue weighted by Crippen LogP contribution is 2.40. The van der Waals surface area contributed by atoms with Crippen molar-refractivity contribution in [1.82, 2.24) is 10.9 Å². The lowest BCUT2D eigenvalue weighted by Crippen LogP contribution is -2.40. The summed E-state index contributed by atoms with van der Waals surface area (Å²) in [5.41, 5.74) is 5.48. The van der Waals surface area contributed by atoms with Crippen LogP contribution in [0.1, 0.15) is 32.5 Å². The van der Waals surface area contributed by atoms with E-state index in [-0.39, 0.29) is 22.6 Å². The SMILES string of the molecule is COc1ccc2c(c1OC)C(=O)O[C@@H]2NNC(=O)c1cccc([N+](=O)[O-])c1. The number of nitro benzene ring substituents is 1. The molecule has 10 nitrogen and oxygen atoms in total. The Hall–Kier alpha value is -3.66. The van der Waals surface area contributed by atoms with E-state index in [1.165, 1.54) is 32.4 Å². The van der Waals surface area contributed by atoms with E-state index in [1.807, 2.05) is 0 Å². The topological polar surface area (TPSA) is 129 Å². The second-order valence-corrected chi connectivity index (χ2v) is 5.46. The average Bonchev–Trinajstić information content (AvgIpc) is 3.01. The van der Waals surface area contributed by atoms with Gasteiger partial charge >= 0.3 is 5.97 Å². The number of esters is 1. The highest BCUT2D eigenvalue weighted by molar-refractivity contribution is 5.98. The molecule has 0 aliphatic carbocycles. The second kappa shape index (κ2) is 7.30. The van der Waals surface area contributed by atoms with Crippen molar-refractivity contribution in [3.05, 3.63) is 63.2 Å². The normalized spacial score (nSPS) is 14.9. The number of nitrogens with zero attached hydrogens (tertiary/aromatic N) is 1. The van der Waals surface area contributed by atoms with Gasteiger partial charge in [0, 0.05) is 23.3 Å². The van der Waals surface area contributed by atoms with Crippen LogP contribution in [0.2, 0.25) is 0 Å². The van der Waals surface area contributed by atoms with Gasteiger partial charge in [0.2, 0.25) is 0 Å². The molecule has 3 rings (SSSR count). The van der Waals surface area contributed by atoms with Crippen molar-refractivity contribution < 1.29 is 28.7 Å². The zero-order valence-corrected chi connectivity index (χ0v) is 14.3. The number of nitrogens with one attached hydrogen (secondary N) is 2. The lowest BCUT2D eigenvalue weighted by atomic mass is 10.1. The van der Waals surface area contributed by atoms with Crippen molar-refractivity contribution in [2.75, 3.05) is 14.2 Å². The van der Waals surface area contributed by atoms with Crippen molar-refractivity contribution in [2.45, 2.75) is 6.23 Å². The third-order valence-electron chi connectivity index (χ3n) is 3.93. The van der Waals surface area contributed by atoms with Gasteiger partial charge in [0.05, 0.1) is 19.1 Å². The Morgan fingerprint density at radius 2 is 2.00 bits per heavy atom. The quantitative estimate of drug-likeness (QED) is 0.445. The molecule has 140 valence electrons. The Kier molecular flexibility index (Phi) is 4.90. The van der Waals surface area contributed by atoms with Crippen LogP contribution in [0.25, 0.3) is 0 Å². The number of methoxy groups -OCH3 is 2. The summed E-state index contributed by atoms with van der Waals surface area (Å²) in [4.78, 5) is 34.6. The summed E-state index contributed by atoms with van der Waals surface area (Å²) in [6.07, 6.45) is -0.949. The molecule has 0 bridgehead atoms. The number of hydrazine groups is 1. The number of cyclic esters (lactones) is 1. The molecule has 27 heavy (non-hydrogen) atoms. The van der Waals surface area contributed by atoms with Gasteiger partial charge in [-0.2, -0.15) is 5.43 Å². The number of carbonyl (C=O) groups is 2. The van der Waals surface area contributed by atoms with Crippen LogP contribution in [0.15, 0.2) is 36.4 Å². The molecular weight excluding hydrogens is 358 g/mol. The molecule has 1 heterocycles. The van der Waals surface area contributed by atoms with Crippen molar-refractivity contribution in [3.8, 4) is 11.5 Å². The number of rotatable bonds is 6. The number of amides is 1. The first kappa shape index (κ1) is 18.1. The molecule has 2 N–H and O–H groups in total.